The van der Waals surface area contributed by atoms with Crippen LogP contribution in [0.25, 0.3) is 0 Å². The van der Waals surface area contributed by atoms with E-state index in [0.29, 0.717) is 0 Å². The molecule has 0 aromatic heterocycles. The van der Waals surface area contributed by atoms with Crippen LogP contribution in [0.2, 0.25) is 51.9 Å². The van der Waals surface area contributed by atoms with E-state index >= 15 is 0 Å². The lowest BCUT2D eigenvalue weighted by molar-refractivity contribution is 0.391. The third-order valence-electron chi connectivity index (χ3n) is 2.21. The van der Waals surface area contributed by atoms with Crippen molar-refractivity contribution in [3.63, 3.8) is 0 Å². The molecule has 0 aliphatic rings. The fraction of sp³-hybridized carbons (Fsp3) is 1.00. The first kappa shape index (κ1) is 23.6. The third kappa shape index (κ3) is 13.0. The van der Waals surface area contributed by atoms with Crippen LogP contribution < -0.4 is 0 Å². The molecule has 0 unspecified atom stereocenters. The Labute approximate surface area is 120 Å². The molecule has 0 aliphatic carbocycles. The van der Waals surface area contributed by atoms with Gasteiger partial charge in [-0.1, -0.05) is 34.6 Å². The van der Waals surface area contributed by atoms with E-state index < -0.39 is 25.2 Å². The SMILES string of the molecule is C.C.CCCC[Si](C)(C)O[Si](C)(C)O[Si](C)(C)C. The lowest BCUT2D eigenvalue weighted by atomic mass is 10.4. The molecule has 0 rings (SSSR count). The molecule has 0 spiro atoms. The van der Waals surface area contributed by atoms with E-state index in [4.69, 9.17) is 8.23 Å². The van der Waals surface area contributed by atoms with Crippen molar-refractivity contribution in [1.29, 1.82) is 0 Å². The van der Waals surface area contributed by atoms with Crippen molar-refractivity contribution in [2.75, 3.05) is 0 Å². The fourth-order valence-electron chi connectivity index (χ4n) is 2.08. The molecule has 0 aromatic rings. The largest absolute Gasteiger partial charge is 0.437 e. The second kappa shape index (κ2) is 8.68. The van der Waals surface area contributed by atoms with Crippen LogP contribution in [-0.4, -0.2) is 25.2 Å². The molecule has 0 amide bonds. The maximum absolute atomic E-state index is 6.39. The Balaban J connectivity index is -0.00000112. The van der Waals surface area contributed by atoms with Gasteiger partial charge in [0.25, 0.3) is 0 Å². The standard InChI is InChI=1S/C11H30O2Si3.2CH4/c1-9-10-11-15(5,6)13-16(7,8)12-14(2,3)4;;/h9-11H2,1-8H3;2*1H4. The van der Waals surface area contributed by atoms with Gasteiger partial charge in [0.2, 0.25) is 0 Å². The summed E-state index contributed by atoms with van der Waals surface area (Å²) in [7, 11) is -4.87. The molecule has 0 heterocycles. The molecule has 5 heteroatoms. The second-order valence-corrected chi connectivity index (χ2v) is 19.3. The first-order chi connectivity index (χ1) is 6.97. The van der Waals surface area contributed by atoms with Gasteiger partial charge in [-0.25, -0.2) is 0 Å². The predicted octanol–water partition coefficient (Wildman–Crippen LogP) is 5.83. The van der Waals surface area contributed by atoms with Gasteiger partial charge in [-0.15, -0.1) is 0 Å². The maximum atomic E-state index is 6.39. The second-order valence-electron chi connectivity index (χ2n) is 6.58. The minimum atomic E-state index is -1.90. The average Bonchev–Trinajstić information content (AvgIpc) is 1.93. The zero-order valence-electron chi connectivity index (χ0n) is 12.4. The molecule has 114 valence electrons. The van der Waals surface area contributed by atoms with Crippen LogP contribution in [0, 0.1) is 0 Å². The quantitative estimate of drug-likeness (QED) is 0.550. The zero-order valence-corrected chi connectivity index (χ0v) is 15.4. The Morgan fingerprint density at radius 3 is 1.56 bits per heavy atom. The number of hydrogen-bond donors (Lipinski definition) is 0. The van der Waals surface area contributed by atoms with Crippen molar-refractivity contribution in [2.24, 2.45) is 0 Å². The Morgan fingerprint density at radius 1 is 0.778 bits per heavy atom. The highest BCUT2D eigenvalue weighted by Gasteiger charge is 2.37. The summed E-state index contributed by atoms with van der Waals surface area (Å²) in [5.41, 5.74) is 0. The minimum absolute atomic E-state index is 0. The molecule has 0 saturated heterocycles. The molecular formula is C13H38O2Si3. The fourth-order valence-corrected chi connectivity index (χ4v) is 15.5. The van der Waals surface area contributed by atoms with Gasteiger partial charge in [0.05, 0.1) is 0 Å². The maximum Gasteiger partial charge on any atom is 0.311 e. The summed E-state index contributed by atoms with van der Waals surface area (Å²) in [6.45, 7) is 18.0. The molecule has 18 heavy (non-hydrogen) atoms. The van der Waals surface area contributed by atoms with E-state index in [0.717, 1.165) is 0 Å². The van der Waals surface area contributed by atoms with Crippen LogP contribution in [0.5, 0.6) is 0 Å². The Hall–Kier alpha value is 0.571. The van der Waals surface area contributed by atoms with Gasteiger partial charge in [0.15, 0.2) is 16.6 Å². The summed E-state index contributed by atoms with van der Waals surface area (Å²) < 4.78 is 12.6. The summed E-state index contributed by atoms with van der Waals surface area (Å²) in [6, 6.07) is 1.26. The highest BCUT2D eigenvalue weighted by Crippen LogP contribution is 2.23. The molecule has 0 aromatic carbocycles. The van der Waals surface area contributed by atoms with Crippen molar-refractivity contribution in [1.82, 2.24) is 0 Å². The van der Waals surface area contributed by atoms with Crippen molar-refractivity contribution < 1.29 is 8.23 Å². The molecule has 0 saturated carbocycles. The van der Waals surface area contributed by atoms with E-state index in [1.165, 1.54) is 18.9 Å². The smallest absolute Gasteiger partial charge is 0.311 e. The molecule has 0 atom stereocenters. The van der Waals surface area contributed by atoms with Gasteiger partial charge in [-0.3, -0.25) is 0 Å². The zero-order chi connectivity index (χ0) is 13.0. The Morgan fingerprint density at radius 2 is 1.22 bits per heavy atom. The van der Waals surface area contributed by atoms with Crippen molar-refractivity contribution in [3.05, 3.63) is 0 Å². The summed E-state index contributed by atoms with van der Waals surface area (Å²) in [4.78, 5) is 0. The monoisotopic (exact) mass is 310 g/mol. The van der Waals surface area contributed by atoms with E-state index in [1.54, 1.807) is 0 Å². The molecule has 0 bridgehead atoms. The van der Waals surface area contributed by atoms with Crippen LogP contribution in [0.3, 0.4) is 0 Å². The normalized spacial score (nSPS) is 12.7. The highest BCUT2D eigenvalue weighted by atomic mass is 28.5. The Bertz CT molecular complexity index is 211. The van der Waals surface area contributed by atoms with Crippen LogP contribution in [0.1, 0.15) is 34.6 Å². The van der Waals surface area contributed by atoms with Gasteiger partial charge in [-0.2, -0.15) is 0 Å². The van der Waals surface area contributed by atoms with Crippen molar-refractivity contribution in [2.45, 2.75) is 86.5 Å². The minimum Gasteiger partial charge on any atom is -0.437 e. The number of rotatable bonds is 7. The van der Waals surface area contributed by atoms with Crippen LogP contribution >= 0.6 is 0 Å². The van der Waals surface area contributed by atoms with E-state index in [-0.39, 0.29) is 14.9 Å². The first-order valence-corrected chi connectivity index (χ1v) is 15.7. The lowest BCUT2D eigenvalue weighted by Crippen LogP contribution is -2.51. The van der Waals surface area contributed by atoms with Crippen molar-refractivity contribution in [3.8, 4) is 0 Å². The molecule has 2 nitrogen and oxygen atoms in total. The van der Waals surface area contributed by atoms with E-state index in [2.05, 4.69) is 52.8 Å². The summed E-state index contributed by atoms with van der Waals surface area (Å²) in [5.74, 6) is 0. The van der Waals surface area contributed by atoms with Crippen LogP contribution in [0.15, 0.2) is 0 Å². The molecule has 0 fully saturated rings. The van der Waals surface area contributed by atoms with Crippen LogP contribution in [0.4, 0.5) is 0 Å². The highest BCUT2D eigenvalue weighted by molar-refractivity contribution is 6.87. The van der Waals surface area contributed by atoms with Gasteiger partial charge in [-0.05, 0) is 51.9 Å². The first-order valence-electron chi connectivity index (χ1n) is 6.38. The average molecular weight is 311 g/mol. The topological polar surface area (TPSA) is 18.5 Å². The predicted molar refractivity (Wildman–Crippen MR) is 93.7 cm³/mol. The summed E-state index contributed by atoms with van der Waals surface area (Å²) in [5, 5.41) is 0. The summed E-state index contributed by atoms with van der Waals surface area (Å²) >= 11 is 0. The number of hydrogen-bond acceptors (Lipinski definition) is 2. The van der Waals surface area contributed by atoms with Gasteiger partial charge >= 0.3 is 8.56 Å². The summed E-state index contributed by atoms with van der Waals surface area (Å²) in [6.07, 6.45) is 2.55. The number of unbranched alkanes of at least 4 members (excludes halogenated alkanes) is 1. The third-order valence-corrected chi connectivity index (χ3v) is 12.4. The molecule has 0 N–H and O–H groups in total. The Kier molecular flexibility index (Phi) is 11.4. The van der Waals surface area contributed by atoms with E-state index in [1.807, 2.05) is 0 Å². The van der Waals surface area contributed by atoms with Gasteiger partial charge < -0.3 is 8.23 Å². The van der Waals surface area contributed by atoms with Crippen LogP contribution in [-0.2, 0) is 8.23 Å². The van der Waals surface area contributed by atoms with Gasteiger partial charge in [0, 0.05) is 0 Å². The van der Waals surface area contributed by atoms with Gasteiger partial charge in [0.1, 0.15) is 0 Å². The van der Waals surface area contributed by atoms with Crippen molar-refractivity contribution >= 4 is 25.2 Å². The lowest BCUT2D eigenvalue weighted by Gasteiger charge is -2.37. The molecule has 0 aliphatic heterocycles. The molecular weight excluding hydrogens is 272 g/mol. The molecule has 0 radical (unpaired) electrons. The van der Waals surface area contributed by atoms with E-state index in [9.17, 15) is 0 Å².